The van der Waals surface area contributed by atoms with Gasteiger partial charge in [-0.2, -0.15) is 0 Å². The molecule has 0 aliphatic carbocycles. The van der Waals surface area contributed by atoms with E-state index in [1.807, 2.05) is 36.4 Å². The van der Waals surface area contributed by atoms with Gasteiger partial charge in [-0.15, -0.1) is 0 Å². The summed E-state index contributed by atoms with van der Waals surface area (Å²) in [5.41, 5.74) is 8.41. The Bertz CT molecular complexity index is 522. The Balaban J connectivity index is 2.27. The van der Waals surface area contributed by atoms with E-state index in [1.54, 1.807) is 0 Å². The lowest BCUT2D eigenvalue weighted by Gasteiger charge is -2.39. The van der Waals surface area contributed by atoms with Gasteiger partial charge in [0.15, 0.2) is 0 Å². The maximum absolute atomic E-state index is 6.39. The van der Waals surface area contributed by atoms with Gasteiger partial charge < -0.3 is 5.73 Å². The summed E-state index contributed by atoms with van der Waals surface area (Å²) in [6.07, 6.45) is 0.772. The molecule has 0 amide bonds. The third-order valence-corrected chi connectivity index (χ3v) is 3.95. The fourth-order valence-corrected chi connectivity index (χ4v) is 2.49. The average molecular weight is 267 g/mol. The molecule has 2 atom stereocenters. The van der Waals surface area contributed by atoms with Crippen molar-refractivity contribution >= 4 is 0 Å². The summed E-state index contributed by atoms with van der Waals surface area (Å²) in [4.78, 5) is 2.14. The van der Waals surface area contributed by atoms with Gasteiger partial charge in [0.25, 0.3) is 0 Å². The van der Waals surface area contributed by atoms with E-state index >= 15 is 0 Å². The highest BCUT2D eigenvalue weighted by atomic mass is 15.1. The van der Waals surface area contributed by atoms with E-state index in [1.165, 1.54) is 5.56 Å². The first-order valence-corrected chi connectivity index (χ1v) is 6.93. The average Bonchev–Trinajstić information content (AvgIpc) is 2.48. The van der Waals surface area contributed by atoms with Gasteiger partial charge in [-0.05, 0) is 38.6 Å². The Morgan fingerprint density at radius 1 is 1.00 bits per heavy atom. The monoisotopic (exact) mass is 267 g/mol. The van der Waals surface area contributed by atoms with Crippen LogP contribution in [0.25, 0.3) is 0 Å². The number of hydrogen-bond donors (Lipinski definition) is 1. The first kappa shape index (κ1) is 14.8. The lowest BCUT2D eigenvalue weighted by atomic mass is 9.83. The molecule has 0 fully saturated rings. The van der Waals surface area contributed by atoms with E-state index in [0.717, 1.165) is 12.0 Å². The number of rotatable bonds is 5. The molecule has 0 aromatic heterocycles. The Morgan fingerprint density at radius 2 is 1.50 bits per heavy atom. The molecule has 0 spiro atoms. The zero-order valence-corrected chi connectivity index (χ0v) is 12.3. The smallest absolute Gasteiger partial charge is 0.0473 e. The number of hydrogen-bond acceptors (Lipinski definition) is 2. The predicted octanol–water partition coefficient (Wildman–Crippen LogP) is 3.37. The first-order valence-electron chi connectivity index (χ1n) is 6.93. The summed E-state index contributed by atoms with van der Waals surface area (Å²) in [5.74, 6) is 0. The molecule has 2 unspecified atom stereocenters. The van der Waals surface area contributed by atoms with Crippen LogP contribution >= 0.6 is 0 Å². The maximum atomic E-state index is 6.39. The minimum Gasteiger partial charge on any atom is -0.324 e. The second-order valence-electron chi connectivity index (χ2n) is 5.51. The molecule has 0 heterocycles. The second kappa shape index (κ2) is 6.21. The summed E-state index contributed by atoms with van der Waals surface area (Å²) in [6.45, 7) is 4.45. The summed E-state index contributed by atoms with van der Waals surface area (Å²) in [6, 6.07) is 20.5. The Labute approximate surface area is 122 Å². The van der Waals surface area contributed by atoms with Crippen molar-refractivity contribution in [3.05, 3.63) is 78.7 Å². The molecule has 20 heavy (non-hydrogen) atoms. The zero-order valence-electron chi connectivity index (χ0n) is 12.3. The molecule has 0 aliphatic heterocycles. The van der Waals surface area contributed by atoms with E-state index in [9.17, 15) is 0 Å². The lowest BCUT2D eigenvalue weighted by Crippen LogP contribution is -2.41. The molecule has 2 rings (SSSR count). The number of benzene rings is 2. The quantitative estimate of drug-likeness (QED) is 0.900. The fraction of sp³-hybridized carbons (Fsp3) is 0.278. The zero-order chi connectivity index (χ0) is 14.6. The Hall–Kier alpha value is -1.64. The molecule has 0 saturated carbocycles. The SMILES string of the molecule is [CH2]C(CC(N)c1ccccc1)(c1ccccc1)N(C)C. The summed E-state index contributed by atoms with van der Waals surface area (Å²) in [5, 5.41) is 0. The first-order chi connectivity index (χ1) is 9.54. The fourth-order valence-electron chi connectivity index (χ4n) is 2.49. The maximum Gasteiger partial charge on any atom is 0.0473 e. The van der Waals surface area contributed by atoms with Crippen LogP contribution in [-0.4, -0.2) is 19.0 Å². The van der Waals surface area contributed by atoms with Gasteiger partial charge in [-0.1, -0.05) is 60.7 Å². The molecular weight excluding hydrogens is 244 g/mol. The van der Waals surface area contributed by atoms with Crippen LogP contribution in [0.4, 0.5) is 0 Å². The minimum absolute atomic E-state index is 0.0312. The lowest BCUT2D eigenvalue weighted by molar-refractivity contribution is 0.180. The van der Waals surface area contributed by atoms with Crippen LogP contribution in [0.3, 0.4) is 0 Å². The number of nitrogens with zero attached hydrogens (tertiary/aromatic N) is 1. The number of nitrogens with two attached hydrogens (primary N) is 1. The van der Waals surface area contributed by atoms with Gasteiger partial charge in [0, 0.05) is 11.6 Å². The third-order valence-electron chi connectivity index (χ3n) is 3.95. The van der Waals surface area contributed by atoms with Gasteiger partial charge in [-0.3, -0.25) is 4.90 Å². The van der Waals surface area contributed by atoms with Crippen LogP contribution in [0.15, 0.2) is 60.7 Å². The van der Waals surface area contributed by atoms with Gasteiger partial charge in [0.05, 0.1) is 0 Å². The molecule has 1 radical (unpaired) electrons. The molecule has 0 bridgehead atoms. The highest BCUT2D eigenvalue weighted by Crippen LogP contribution is 2.34. The third kappa shape index (κ3) is 3.09. The van der Waals surface area contributed by atoms with E-state index in [4.69, 9.17) is 5.73 Å². The molecule has 0 saturated heterocycles. The van der Waals surface area contributed by atoms with Crippen LogP contribution in [0, 0.1) is 6.92 Å². The van der Waals surface area contributed by atoms with E-state index in [0.29, 0.717) is 0 Å². The van der Waals surface area contributed by atoms with Gasteiger partial charge in [-0.25, -0.2) is 0 Å². The van der Waals surface area contributed by atoms with Crippen molar-refractivity contribution in [3.63, 3.8) is 0 Å². The van der Waals surface area contributed by atoms with Crippen molar-refractivity contribution in [2.24, 2.45) is 5.73 Å². The molecule has 0 aliphatic rings. The summed E-state index contributed by atoms with van der Waals surface area (Å²) in [7, 11) is 4.11. The summed E-state index contributed by atoms with van der Waals surface area (Å²) >= 11 is 0. The van der Waals surface area contributed by atoms with E-state index in [2.05, 4.69) is 50.2 Å². The summed E-state index contributed by atoms with van der Waals surface area (Å²) < 4.78 is 0. The predicted molar refractivity (Wildman–Crippen MR) is 85.2 cm³/mol. The van der Waals surface area contributed by atoms with Crippen molar-refractivity contribution in [2.45, 2.75) is 18.0 Å². The normalized spacial score (nSPS) is 15.8. The topological polar surface area (TPSA) is 29.3 Å². The molecule has 2 N–H and O–H groups in total. The van der Waals surface area contributed by atoms with Crippen LogP contribution in [0.2, 0.25) is 0 Å². The molecule has 2 aromatic carbocycles. The molecule has 2 aromatic rings. The standard InChI is InChI=1S/C18H23N2/c1-18(20(2)3,16-12-8-5-9-13-16)14-17(19)15-10-6-4-7-11-15/h4-13,17H,1,14,19H2,2-3H3. The van der Waals surface area contributed by atoms with Crippen molar-refractivity contribution in [1.29, 1.82) is 0 Å². The Kier molecular flexibility index (Phi) is 4.58. The van der Waals surface area contributed by atoms with Crippen LogP contribution in [-0.2, 0) is 5.54 Å². The van der Waals surface area contributed by atoms with Crippen LogP contribution in [0.5, 0.6) is 0 Å². The van der Waals surface area contributed by atoms with Gasteiger partial charge in [0.2, 0.25) is 0 Å². The molecular formula is C18H23N2. The van der Waals surface area contributed by atoms with E-state index < -0.39 is 0 Å². The molecule has 2 nitrogen and oxygen atoms in total. The van der Waals surface area contributed by atoms with Crippen LogP contribution in [0.1, 0.15) is 23.6 Å². The van der Waals surface area contributed by atoms with Gasteiger partial charge >= 0.3 is 0 Å². The van der Waals surface area contributed by atoms with Gasteiger partial charge in [0.1, 0.15) is 0 Å². The van der Waals surface area contributed by atoms with Crippen LogP contribution < -0.4 is 5.73 Å². The van der Waals surface area contributed by atoms with Crippen molar-refractivity contribution in [1.82, 2.24) is 4.90 Å². The highest BCUT2D eigenvalue weighted by molar-refractivity contribution is 5.28. The molecule has 2 heteroatoms. The van der Waals surface area contributed by atoms with Crippen molar-refractivity contribution in [2.75, 3.05) is 14.1 Å². The van der Waals surface area contributed by atoms with E-state index in [-0.39, 0.29) is 11.6 Å². The highest BCUT2D eigenvalue weighted by Gasteiger charge is 2.31. The Morgan fingerprint density at radius 3 is 2.00 bits per heavy atom. The molecule has 105 valence electrons. The largest absolute Gasteiger partial charge is 0.324 e. The van der Waals surface area contributed by atoms with Crippen molar-refractivity contribution in [3.8, 4) is 0 Å². The minimum atomic E-state index is -0.323. The van der Waals surface area contributed by atoms with Crippen molar-refractivity contribution < 1.29 is 0 Å². The second-order valence-corrected chi connectivity index (χ2v) is 5.51.